The Morgan fingerprint density at radius 3 is 2.78 bits per heavy atom. The first kappa shape index (κ1) is 30.3. The molecule has 45 heavy (non-hydrogen) atoms. The summed E-state index contributed by atoms with van der Waals surface area (Å²) >= 11 is 6.10. The molecule has 1 fully saturated rings. The molecule has 3 aliphatic heterocycles. The fraction of sp³-hybridized carbons (Fsp3) is 0.344. The maximum atomic E-state index is 15.3. The zero-order valence-electron chi connectivity index (χ0n) is 24.5. The number of halogens is 2. The summed E-state index contributed by atoms with van der Waals surface area (Å²) in [6.07, 6.45) is 3.21. The molecule has 1 aromatic heterocycles. The van der Waals surface area contributed by atoms with E-state index in [0.717, 1.165) is 0 Å². The van der Waals surface area contributed by atoms with Gasteiger partial charge in [-0.3, -0.25) is 25.2 Å². The number of aromatic nitrogens is 1. The van der Waals surface area contributed by atoms with Crippen LogP contribution in [0.5, 0.6) is 0 Å². The topological polar surface area (TPSA) is 139 Å². The number of rotatable bonds is 2. The summed E-state index contributed by atoms with van der Waals surface area (Å²) in [6.45, 7) is 0.210. The molecular formula is C32H31ClFN5O6. The first-order chi connectivity index (χ1) is 21.7. The molecule has 0 unspecified atom stereocenters. The molecule has 2 atom stereocenters. The second-order valence-corrected chi connectivity index (χ2v) is 11.8. The van der Waals surface area contributed by atoms with E-state index in [-0.39, 0.29) is 54.0 Å². The zero-order chi connectivity index (χ0) is 31.7. The summed E-state index contributed by atoms with van der Waals surface area (Å²) in [6, 6.07) is 11.6. The number of carbonyl (C=O) groups is 4. The van der Waals surface area contributed by atoms with Gasteiger partial charge in [0, 0.05) is 36.8 Å². The van der Waals surface area contributed by atoms with Crippen molar-refractivity contribution in [3.8, 4) is 11.1 Å². The number of methoxy groups -OCH3 is 1. The van der Waals surface area contributed by atoms with Gasteiger partial charge in [0.05, 0.1) is 47.2 Å². The molecule has 11 nitrogen and oxygen atoms in total. The van der Waals surface area contributed by atoms with Crippen LogP contribution in [0.4, 0.5) is 31.0 Å². The molecule has 1 spiro atoms. The maximum absolute atomic E-state index is 15.3. The number of ether oxygens (including phenoxy) is 2. The Morgan fingerprint density at radius 2 is 1.96 bits per heavy atom. The molecule has 2 aromatic carbocycles. The molecule has 0 radical (unpaired) electrons. The summed E-state index contributed by atoms with van der Waals surface area (Å²) in [7, 11) is 1.26. The number of fused-ring (bicyclic) bond motifs is 6. The second kappa shape index (κ2) is 12.4. The van der Waals surface area contributed by atoms with E-state index in [1.807, 2.05) is 6.07 Å². The highest BCUT2D eigenvalue weighted by Crippen LogP contribution is 2.46. The van der Waals surface area contributed by atoms with Gasteiger partial charge in [-0.05, 0) is 54.8 Å². The Kier molecular flexibility index (Phi) is 8.32. The Morgan fingerprint density at radius 1 is 1.11 bits per heavy atom. The fourth-order valence-corrected chi connectivity index (χ4v) is 6.47. The van der Waals surface area contributed by atoms with Crippen LogP contribution < -0.4 is 16.0 Å². The number of nitrogens with zero attached hydrogens (tertiary/aromatic N) is 2. The summed E-state index contributed by atoms with van der Waals surface area (Å²) in [4.78, 5) is 57.5. The minimum atomic E-state index is -1.37. The summed E-state index contributed by atoms with van der Waals surface area (Å²) < 4.78 is 25.7. The highest BCUT2D eigenvalue weighted by Gasteiger charge is 2.51. The average molecular weight is 636 g/mol. The molecule has 0 aliphatic carbocycles. The monoisotopic (exact) mass is 635 g/mol. The SMILES string of the molecule is COC(=O)Nc1ccc2c(c1)NC(=O)CCCCC[C@@H](C(=O)N1CC[C@@]3(C1)OC(=O)Nc1ccc(Cl)c(F)c13)c1cc-2ccn1. The van der Waals surface area contributed by atoms with E-state index in [1.165, 1.54) is 19.2 Å². The van der Waals surface area contributed by atoms with Crippen molar-refractivity contribution in [2.24, 2.45) is 0 Å². The predicted octanol–water partition coefficient (Wildman–Crippen LogP) is 6.40. The van der Waals surface area contributed by atoms with E-state index in [9.17, 15) is 19.2 Å². The lowest BCUT2D eigenvalue weighted by Crippen LogP contribution is -2.44. The molecule has 3 N–H and O–H groups in total. The van der Waals surface area contributed by atoms with Crippen molar-refractivity contribution in [1.29, 1.82) is 0 Å². The van der Waals surface area contributed by atoms with Gasteiger partial charge in [0.15, 0.2) is 11.4 Å². The molecule has 3 aromatic rings. The molecule has 3 aliphatic rings. The number of benzene rings is 2. The van der Waals surface area contributed by atoms with Gasteiger partial charge in [-0.2, -0.15) is 0 Å². The van der Waals surface area contributed by atoms with Crippen LogP contribution in [0.15, 0.2) is 48.7 Å². The van der Waals surface area contributed by atoms with Crippen molar-refractivity contribution in [3.05, 3.63) is 70.8 Å². The number of anilines is 3. The van der Waals surface area contributed by atoms with Gasteiger partial charge in [0.25, 0.3) is 0 Å². The van der Waals surface area contributed by atoms with E-state index in [4.69, 9.17) is 21.1 Å². The third-order valence-electron chi connectivity index (χ3n) is 8.49. The Bertz CT molecular complexity index is 1700. The highest BCUT2D eigenvalue weighted by molar-refractivity contribution is 6.31. The van der Waals surface area contributed by atoms with Crippen LogP contribution in [-0.2, 0) is 24.7 Å². The van der Waals surface area contributed by atoms with E-state index >= 15 is 4.39 Å². The Labute approximate surface area is 263 Å². The lowest BCUT2D eigenvalue weighted by atomic mass is 9.89. The first-order valence-corrected chi connectivity index (χ1v) is 15.1. The van der Waals surface area contributed by atoms with Crippen molar-refractivity contribution in [3.63, 3.8) is 0 Å². The number of amides is 4. The molecule has 4 amide bonds. The highest BCUT2D eigenvalue weighted by atomic mass is 35.5. The van der Waals surface area contributed by atoms with Crippen LogP contribution >= 0.6 is 11.6 Å². The van der Waals surface area contributed by atoms with Gasteiger partial charge >= 0.3 is 12.2 Å². The van der Waals surface area contributed by atoms with Crippen LogP contribution in [0.25, 0.3) is 11.1 Å². The van der Waals surface area contributed by atoms with Crippen molar-refractivity contribution in [2.45, 2.75) is 50.0 Å². The number of carbonyl (C=O) groups excluding carboxylic acids is 4. The Hall–Kier alpha value is -4.71. The van der Waals surface area contributed by atoms with Gasteiger partial charge in [-0.1, -0.05) is 30.5 Å². The standard InChI is InChI=1S/C32H31ClFN5O6/c1-44-30(42)36-19-7-8-20-18-11-13-35-24(15-18)21(5-3-2-4-6-26(40)37-25(20)16-19)29(41)39-14-12-32(17-39)27-23(38-31(43)45-32)10-9-22(33)28(27)34/h7-11,13,15-16,21H,2-6,12,14,17H2,1H3,(H,36,42)(H,37,40)(H,38,43)/t21-,32+/m1/s1. The molecule has 6 rings (SSSR count). The lowest BCUT2D eigenvalue weighted by molar-refractivity contribution is -0.133. The zero-order valence-corrected chi connectivity index (χ0v) is 25.2. The summed E-state index contributed by atoms with van der Waals surface area (Å²) in [5, 5.41) is 8.00. The van der Waals surface area contributed by atoms with E-state index in [1.54, 1.807) is 35.4 Å². The molecule has 4 heterocycles. The van der Waals surface area contributed by atoms with E-state index in [2.05, 4.69) is 20.9 Å². The predicted molar refractivity (Wildman–Crippen MR) is 165 cm³/mol. The number of pyridine rings is 1. The van der Waals surface area contributed by atoms with Crippen molar-refractivity contribution < 1.29 is 33.0 Å². The number of hydrogen-bond donors (Lipinski definition) is 3. The molecular weight excluding hydrogens is 605 g/mol. The van der Waals surface area contributed by atoms with Gasteiger partial charge in [0.1, 0.15) is 0 Å². The maximum Gasteiger partial charge on any atom is 0.412 e. The number of hydrogen-bond acceptors (Lipinski definition) is 7. The van der Waals surface area contributed by atoms with Crippen molar-refractivity contribution >= 4 is 52.7 Å². The summed E-state index contributed by atoms with van der Waals surface area (Å²) in [5.41, 5.74) is 1.90. The molecule has 234 valence electrons. The van der Waals surface area contributed by atoms with E-state index in [0.29, 0.717) is 53.9 Å². The van der Waals surface area contributed by atoms with Crippen LogP contribution in [0, 0.1) is 5.82 Å². The van der Waals surface area contributed by atoms with Crippen LogP contribution in [0.1, 0.15) is 55.7 Å². The van der Waals surface area contributed by atoms with E-state index < -0.39 is 29.5 Å². The normalized spacial score (nSPS) is 21.1. The first-order valence-electron chi connectivity index (χ1n) is 14.7. The summed E-state index contributed by atoms with van der Waals surface area (Å²) in [5.74, 6) is -1.70. The lowest BCUT2D eigenvalue weighted by Gasteiger charge is -2.36. The largest absolute Gasteiger partial charge is 0.453 e. The van der Waals surface area contributed by atoms with Crippen LogP contribution in [0.2, 0.25) is 5.02 Å². The third-order valence-corrected chi connectivity index (χ3v) is 8.78. The van der Waals surface area contributed by atoms with Crippen molar-refractivity contribution in [1.82, 2.24) is 9.88 Å². The fourth-order valence-electron chi connectivity index (χ4n) is 6.32. The minimum Gasteiger partial charge on any atom is -0.453 e. The minimum absolute atomic E-state index is 0.0308. The Balaban J connectivity index is 1.33. The third kappa shape index (κ3) is 6.02. The molecule has 13 heteroatoms. The molecule has 2 bridgehead atoms. The van der Waals surface area contributed by atoms with Gasteiger partial charge in [-0.25, -0.2) is 14.0 Å². The number of likely N-dealkylation sites (tertiary alicyclic amines) is 1. The van der Waals surface area contributed by atoms with Crippen LogP contribution in [0.3, 0.4) is 0 Å². The van der Waals surface area contributed by atoms with Gasteiger partial charge in [0.2, 0.25) is 11.8 Å². The smallest absolute Gasteiger partial charge is 0.412 e. The number of nitrogens with one attached hydrogen (secondary N) is 3. The molecule has 0 saturated carbocycles. The van der Waals surface area contributed by atoms with Crippen molar-refractivity contribution in [2.75, 3.05) is 36.1 Å². The van der Waals surface area contributed by atoms with Crippen LogP contribution in [-0.4, -0.2) is 54.1 Å². The quantitative estimate of drug-likeness (QED) is 0.296. The average Bonchev–Trinajstić information content (AvgIpc) is 3.43. The molecule has 1 saturated heterocycles. The van der Waals surface area contributed by atoms with Gasteiger partial charge in [-0.15, -0.1) is 0 Å². The van der Waals surface area contributed by atoms with Gasteiger partial charge < -0.3 is 19.7 Å². The second-order valence-electron chi connectivity index (χ2n) is 11.3.